The summed E-state index contributed by atoms with van der Waals surface area (Å²) in [6.45, 7) is 6.23. The number of nitrogens with zero attached hydrogens (tertiary/aromatic N) is 1. The van der Waals surface area contributed by atoms with E-state index in [4.69, 9.17) is 0 Å². The first-order valence-corrected chi connectivity index (χ1v) is 8.31. The molecule has 2 unspecified atom stereocenters. The van der Waals surface area contributed by atoms with Crippen molar-refractivity contribution in [3.8, 4) is 0 Å². The Labute approximate surface area is 127 Å². The van der Waals surface area contributed by atoms with E-state index in [2.05, 4.69) is 42.3 Å². The zero-order chi connectivity index (χ0) is 14.9. The van der Waals surface area contributed by atoms with E-state index in [-0.39, 0.29) is 5.54 Å². The number of fused-ring (bicyclic) bond motifs is 1. The van der Waals surface area contributed by atoms with Gasteiger partial charge in [-0.25, -0.2) is 0 Å². The Morgan fingerprint density at radius 2 is 2.24 bits per heavy atom. The van der Waals surface area contributed by atoms with E-state index in [9.17, 15) is 4.79 Å². The summed E-state index contributed by atoms with van der Waals surface area (Å²) < 4.78 is 0. The van der Waals surface area contributed by atoms with E-state index in [1.165, 1.54) is 5.56 Å². The molecule has 0 aromatic heterocycles. The summed E-state index contributed by atoms with van der Waals surface area (Å²) in [6, 6.07) is 8.40. The van der Waals surface area contributed by atoms with Crippen LogP contribution in [-0.2, 0) is 11.2 Å². The topological polar surface area (TPSA) is 32.3 Å². The number of anilines is 1. The van der Waals surface area contributed by atoms with Gasteiger partial charge >= 0.3 is 0 Å². The third kappa shape index (κ3) is 2.59. The van der Waals surface area contributed by atoms with Crippen LogP contribution in [-0.4, -0.2) is 24.5 Å². The van der Waals surface area contributed by atoms with Crippen molar-refractivity contribution in [2.75, 3.05) is 18.0 Å². The molecular weight excluding hydrogens is 260 g/mol. The van der Waals surface area contributed by atoms with Gasteiger partial charge in [-0.15, -0.1) is 0 Å². The van der Waals surface area contributed by atoms with Gasteiger partial charge in [0.15, 0.2) is 0 Å². The van der Waals surface area contributed by atoms with Crippen molar-refractivity contribution in [3.05, 3.63) is 29.8 Å². The molecule has 2 aliphatic heterocycles. The average molecular weight is 286 g/mol. The second kappa shape index (κ2) is 5.80. The van der Waals surface area contributed by atoms with Crippen LogP contribution in [0.25, 0.3) is 0 Å². The lowest BCUT2D eigenvalue weighted by atomic mass is 9.87. The molecule has 2 heterocycles. The zero-order valence-corrected chi connectivity index (χ0v) is 13.2. The van der Waals surface area contributed by atoms with Gasteiger partial charge in [-0.3, -0.25) is 4.79 Å². The van der Waals surface area contributed by atoms with E-state index in [0.29, 0.717) is 11.8 Å². The third-order valence-corrected chi connectivity index (χ3v) is 4.92. The summed E-state index contributed by atoms with van der Waals surface area (Å²) in [6.07, 6.45) is 5.15. The Morgan fingerprint density at radius 3 is 2.95 bits per heavy atom. The molecule has 1 N–H and O–H groups in total. The fraction of sp³-hybridized carbons (Fsp3) is 0.611. The molecule has 2 atom stereocenters. The van der Waals surface area contributed by atoms with Crippen LogP contribution in [0.3, 0.4) is 0 Å². The van der Waals surface area contributed by atoms with Crippen molar-refractivity contribution in [3.63, 3.8) is 0 Å². The van der Waals surface area contributed by atoms with Crippen molar-refractivity contribution < 1.29 is 4.79 Å². The molecule has 1 fully saturated rings. The van der Waals surface area contributed by atoms with Crippen LogP contribution in [0.1, 0.15) is 45.1 Å². The molecule has 0 bridgehead atoms. The number of nitrogens with one attached hydrogen (secondary N) is 1. The van der Waals surface area contributed by atoms with Gasteiger partial charge in [-0.2, -0.15) is 0 Å². The maximum absolute atomic E-state index is 13.3. The fourth-order valence-electron chi connectivity index (χ4n) is 3.98. The molecule has 1 aromatic carbocycles. The number of amides is 1. The Morgan fingerprint density at radius 1 is 1.43 bits per heavy atom. The van der Waals surface area contributed by atoms with Crippen LogP contribution in [0, 0.1) is 5.92 Å². The van der Waals surface area contributed by atoms with Gasteiger partial charge in [0.1, 0.15) is 0 Å². The minimum atomic E-state index is -0.321. The van der Waals surface area contributed by atoms with Crippen molar-refractivity contribution in [2.45, 2.75) is 51.5 Å². The Bertz CT molecular complexity index is 520. The molecule has 0 aliphatic carbocycles. The van der Waals surface area contributed by atoms with E-state index in [1.807, 2.05) is 6.07 Å². The molecule has 3 heteroatoms. The molecule has 1 amide bonds. The highest BCUT2D eigenvalue weighted by Gasteiger charge is 2.44. The van der Waals surface area contributed by atoms with Gasteiger partial charge < -0.3 is 10.2 Å². The van der Waals surface area contributed by atoms with E-state index in [0.717, 1.165) is 50.9 Å². The van der Waals surface area contributed by atoms with Gasteiger partial charge in [-0.05, 0) is 49.8 Å². The van der Waals surface area contributed by atoms with Crippen molar-refractivity contribution in [1.82, 2.24) is 5.32 Å². The van der Waals surface area contributed by atoms with Gasteiger partial charge in [0.05, 0.1) is 5.54 Å². The highest BCUT2D eigenvalue weighted by Crippen LogP contribution is 2.34. The molecule has 21 heavy (non-hydrogen) atoms. The SMILES string of the molecule is CCCC1(C(=O)N2CC(C)Cc3ccccc32)CCCN1. The van der Waals surface area contributed by atoms with E-state index < -0.39 is 0 Å². The first-order valence-electron chi connectivity index (χ1n) is 8.31. The smallest absolute Gasteiger partial charge is 0.247 e. The van der Waals surface area contributed by atoms with Crippen molar-refractivity contribution in [1.29, 1.82) is 0 Å². The van der Waals surface area contributed by atoms with Crippen LogP contribution < -0.4 is 10.2 Å². The highest BCUT2D eigenvalue weighted by atomic mass is 16.2. The Kier molecular flexibility index (Phi) is 4.03. The molecule has 0 spiro atoms. The maximum Gasteiger partial charge on any atom is 0.247 e. The number of hydrogen-bond acceptors (Lipinski definition) is 2. The summed E-state index contributed by atoms with van der Waals surface area (Å²) in [7, 11) is 0. The van der Waals surface area contributed by atoms with Crippen LogP contribution in [0.2, 0.25) is 0 Å². The van der Waals surface area contributed by atoms with Crippen LogP contribution >= 0.6 is 0 Å². The average Bonchev–Trinajstić information content (AvgIpc) is 2.96. The molecule has 114 valence electrons. The number of para-hydroxylation sites is 1. The number of carbonyl (C=O) groups is 1. The molecule has 3 nitrogen and oxygen atoms in total. The lowest BCUT2D eigenvalue weighted by molar-refractivity contribution is -0.125. The first-order chi connectivity index (χ1) is 10.2. The predicted octanol–water partition coefficient (Wildman–Crippen LogP) is 3.13. The molecule has 1 aromatic rings. The minimum absolute atomic E-state index is 0.292. The lowest BCUT2D eigenvalue weighted by Crippen LogP contribution is -2.57. The van der Waals surface area contributed by atoms with E-state index >= 15 is 0 Å². The second-order valence-electron chi connectivity index (χ2n) is 6.72. The van der Waals surface area contributed by atoms with Gasteiger partial charge in [0.25, 0.3) is 0 Å². The van der Waals surface area contributed by atoms with Gasteiger partial charge in [0.2, 0.25) is 5.91 Å². The fourth-order valence-corrected chi connectivity index (χ4v) is 3.98. The van der Waals surface area contributed by atoms with Gasteiger partial charge in [-0.1, -0.05) is 38.5 Å². The molecule has 0 saturated carbocycles. The summed E-state index contributed by atoms with van der Waals surface area (Å²) in [5, 5.41) is 3.52. The Balaban J connectivity index is 1.94. The summed E-state index contributed by atoms with van der Waals surface area (Å²) in [5.41, 5.74) is 2.12. The van der Waals surface area contributed by atoms with Crippen molar-refractivity contribution in [2.24, 2.45) is 5.92 Å². The second-order valence-corrected chi connectivity index (χ2v) is 6.72. The van der Waals surface area contributed by atoms with Crippen LogP contribution in [0.4, 0.5) is 5.69 Å². The molecule has 1 saturated heterocycles. The highest BCUT2D eigenvalue weighted by molar-refractivity contribution is 6.01. The van der Waals surface area contributed by atoms with Crippen molar-refractivity contribution >= 4 is 11.6 Å². The number of benzene rings is 1. The number of carbonyl (C=O) groups excluding carboxylic acids is 1. The minimum Gasteiger partial charge on any atom is -0.310 e. The summed E-state index contributed by atoms with van der Waals surface area (Å²) >= 11 is 0. The van der Waals surface area contributed by atoms with Crippen LogP contribution in [0.15, 0.2) is 24.3 Å². The first kappa shape index (κ1) is 14.6. The quantitative estimate of drug-likeness (QED) is 0.926. The monoisotopic (exact) mass is 286 g/mol. The van der Waals surface area contributed by atoms with Crippen LogP contribution in [0.5, 0.6) is 0 Å². The third-order valence-electron chi connectivity index (χ3n) is 4.92. The summed E-state index contributed by atoms with van der Waals surface area (Å²) in [4.78, 5) is 15.3. The predicted molar refractivity (Wildman–Crippen MR) is 86.5 cm³/mol. The number of rotatable bonds is 3. The summed E-state index contributed by atoms with van der Waals surface area (Å²) in [5.74, 6) is 0.824. The molecule has 2 aliphatic rings. The Hall–Kier alpha value is -1.35. The molecular formula is C18H26N2O. The van der Waals surface area contributed by atoms with Gasteiger partial charge in [0, 0.05) is 12.2 Å². The standard InChI is InChI=1S/C18H26N2O/c1-3-9-18(10-6-11-19-18)17(21)20-13-14(2)12-15-7-4-5-8-16(15)20/h4-5,7-8,14,19H,3,6,9-13H2,1-2H3. The largest absolute Gasteiger partial charge is 0.310 e. The van der Waals surface area contributed by atoms with E-state index in [1.54, 1.807) is 0 Å². The zero-order valence-electron chi connectivity index (χ0n) is 13.2. The molecule has 3 rings (SSSR count). The molecule has 0 radical (unpaired) electrons. The maximum atomic E-state index is 13.3. The number of hydrogen-bond donors (Lipinski definition) is 1. The lowest BCUT2D eigenvalue weighted by Gasteiger charge is -2.39. The normalized spacial score (nSPS) is 28.5.